The second-order valence-corrected chi connectivity index (χ2v) is 6.20. The first-order valence-corrected chi connectivity index (χ1v) is 8.07. The van der Waals surface area contributed by atoms with Crippen molar-refractivity contribution < 1.29 is 4.74 Å². The van der Waals surface area contributed by atoms with Crippen molar-refractivity contribution >= 4 is 5.96 Å². The number of aliphatic imine (C=N–C) groups is 1. The van der Waals surface area contributed by atoms with Crippen LogP contribution in [0.5, 0.6) is 0 Å². The first-order chi connectivity index (χ1) is 11.5. The standard InChI is InChI=1S/C18H27N5O/c1-18(2,24-4)14-22-17(19-3)21-12-16-20-10-11-23(16)13-15-8-6-5-7-9-15/h5-11H,12-14H2,1-4H3,(H2,19,21,22). The average molecular weight is 329 g/mol. The zero-order valence-corrected chi connectivity index (χ0v) is 14.9. The van der Waals surface area contributed by atoms with E-state index in [1.165, 1.54) is 5.56 Å². The molecule has 0 unspecified atom stereocenters. The molecule has 0 saturated carbocycles. The Morgan fingerprint density at radius 3 is 2.67 bits per heavy atom. The molecule has 0 amide bonds. The van der Waals surface area contributed by atoms with Gasteiger partial charge < -0.3 is 19.9 Å². The lowest BCUT2D eigenvalue weighted by Crippen LogP contribution is -2.45. The van der Waals surface area contributed by atoms with Gasteiger partial charge in [-0.1, -0.05) is 30.3 Å². The van der Waals surface area contributed by atoms with Gasteiger partial charge in [0.15, 0.2) is 5.96 Å². The maximum absolute atomic E-state index is 5.41. The van der Waals surface area contributed by atoms with Crippen molar-refractivity contribution in [3.8, 4) is 0 Å². The van der Waals surface area contributed by atoms with Gasteiger partial charge in [-0.05, 0) is 19.4 Å². The van der Waals surface area contributed by atoms with Crippen molar-refractivity contribution in [2.24, 2.45) is 4.99 Å². The Morgan fingerprint density at radius 1 is 1.25 bits per heavy atom. The van der Waals surface area contributed by atoms with Crippen molar-refractivity contribution in [1.82, 2.24) is 20.2 Å². The monoisotopic (exact) mass is 329 g/mol. The minimum Gasteiger partial charge on any atom is -0.377 e. The number of nitrogens with one attached hydrogen (secondary N) is 2. The lowest BCUT2D eigenvalue weighted by atomic mass is 10.1. The van der Waals surface area contributed by atoms with Crippen LogP contribution in [0.3, 0.4) is 0 Å². The van der Waals surface area contributed by atoms with Gasteiger partial charge in [0, 0.05) is 39.6 Å². The molecule has 0 bridgehead atoms. The van der Waals surface area contributed by atoms with Crippen LogP contribution in [0.25, 0.3) is 0 Å². The van der Waals surface area contributed by atoms with Crippen LogP contribution < -0.4 is 10.6 Å². The zero-order valence-electron chi connectivity index (χ0n) is 14.9. The molecule has 0 aliphatic rings. The summed E-state index contributed by atoms with van der Waals surface area (Å²) in [5.74, 6) is 1.70. The molecular formula is C18H27N5O. The minimum atomic E-state index is -0.247. The Hall–Kier alpha value is -2.34. The third kappa shape index (κ3) is 5.38. The molecule has 1 aromatic carbocycles. The molecular weight excluding hydrogens is 302 g/mol. The summed E-state index contributed by atoms with van der Waals surface area (Å²) >= 11 is 0. The van der Waals surface area contributed by atoms with E-state index in [9.17, 15) is 0 Å². The third-order valence-corrected chi connectivity index (χ3v) is 3.87. The van der Waals surface area contributed by atoms with E-state index in [0.29, 0.717) is 13.1 Å². The summed E-state index contributed by atoms with van der Waals surface area (Å²) in [5.41, 5.74) is 1.00. The highest BCUT2D eigenvalue weighted by molar-refractivity contribution is 5.79. The number of hydrogen-bond donors (Lipinski definition) is 2. The van der Waals surface area contributed by atoms with Crippen LogP contribution in [0, 0.1) is 0 Å². The largest absolute Gasteiger partial charge is 0.377 e. The number of ether oxygens (including phenoxy) is 1. The molecule has 2 rings (SSSR count). The van der Waals surface area contributed by atoms with Gasteiger partial charge in [-0.3, -0.25) is 4.99 Å². The molecule has 0 atom stereocenters. The maximum Gasteiger partial charge on any atom is 0.191 e. The van der Waals surface area contributed by atoms with E-state index in [1.807, 2.05) is 44.4 Å². The summed E-state index contributed by atoms with van der Waals surface area (Å²) in [6.45, 7) is 6.13. The highest BCUT2D eigenvalue weighted by Gasteiger charge is 2.16. The van der Waals surface area contributed by atoms with Crippen LogP contribution in [0.2, 0.25) is 0 Å². The quantitative estimate of drug-likeness (QED) is 0.603. The molecule has 6 nitrogen and oxygen atoms in total. The van der Waals surface area contributed by atoms with Crippen molar-refractivity contribution in [2.75, 3.05) is 20.7 Å². The molecule has 0 aliphatic carbocycles. The van der Waals surface area contributed by atoms with E-state index < -0.39 is 0 Å². The molecule has 0 saturated heterocycles. The molecule has 6 heteroatoms. The Bertz CT molecular complexity index is 648. The smallest absolute Gasteiger partial charge is 0.191 e. The number of guanidine groups is 1. The number of nitrogens with zero attached hydrogens (tertiary/aromatic N) is 3. The summed E-state index contributed by atoms with van der Waals surface area (Å²) in [6, 6.07) is 10.4. The summed E-state index contributed by atoms with van der Waals surface area (Å²) in [6.07, 6.45) is 3.82. The van der Waals surface area contributed by atoms with E-state index in [2.05, 4.69) is 37.3 Å². The Balaban J connectivity index is 1.91. The van der Waals surface area contributed by atoms with E-state index in [0.717, 1.165) is 18.3 Å². The number of aromatic nitrogens is 2. The minimum absolute atomic E-state index is 0.247. The van der Waals surface area contributed by atoms with E-state index in [1.54, 1.807) is 14.2 Å². The highest BCUT2D eigenvalue weighted by atomic mass is 16.5. The zero-order chi connectivity index (χ0) is 17.4. The molecule has 0 spiro atoms. The van der Waals surface area contributed by atoms with E-state index >= 15 is 0 Å². The van der Waals surface area contributed by atoms with Gasteiger partial charge in [0.05, 0.1) is 12.1 Å². The maximum atomic E-state index is 5.41. The number of imidazole rings is 1. The lowest BCUT2D eigenvalue weighted by Gasteiger charge is -2.24. The predicted octanol–water partition coefficient (Wildman–Crippen LogP) is 2.02. The second kappa shape index (κ2) is 8.49. The molecule has 2 N–H and O–H groups in total. The number of hydrogen-bond acceptors (Lipinski definition) is 3. The number of benzene rings is 1. The summed E-state index contributed by atoms with van der Waals surface area (Å²) in [7, 11) is 3.46. The Kier molecular flexibility index (Phi) is 6.37. The van der Waals surface area contributed by atoms with Gasteiger partial charge in [-0.25, -0.2) is 4.98 Å². The van der Waals surface area contributed by atoms with Gasteiger partial charge in [0.25, 0.3) is 0 Å². The molecule has 2 aromatic rings. The lowest BCUT2D eigenvalue weighted by molar-refractivity contribution is 0.0268. The fraction of sp³-hybridized carbons (Fsp3) is 0.444. The van der Waals surface area contributed by atoms with Crippen LogP contribution in [-0.4, -0.2) is 41.8 Å². The van der Waals surface area contributed by atoms with Crippen molar-refractivity contribution in [3.05, 3.63) is 54.1 Å². The Labute approximate surface area is 144 Å². The second-order valence-electron chi connectivity index (χ2n) is 6.20. The molecule has 1 aromatic heterocycles. The van der Waals surface area contributed by atoms with Gasteiger partial charge >= 0.3 is 0 Å². The van der Waals surface area contributed by atoms with Crippen LogP contribution in [0.4, 0.5) is 0 Å². The van der Waals surface area contributed by atoms with Gasteiger partial charge in [0.2, 0.25) is 0 Å². The molecule has 0 radical (unpaired) electrons. The van der Waals surface area contributed by atoms with Crippen LogP contribution in [0.15, 0.2) is 47.7 Å². The van der Waals surface area contributed by atoms with Crippen molar-refractivity contribution in [1.29, 1.82) is 0 Å². The fourth-order valence-corrected chi connectivity index (χ4v) is 2.18. The van der Waals surface area contributed by atoms with E-state index in [4.69, 9.17) is 4.74 Å². The molecule has 0 fully saturated rings. The topological polar surface area (TPSA) is 63.5 Å². The number of methoxy groups -OCH3 is 1. The molecule has 1 heterocycles. The van der Waals surface area contributed by atoms with Gasteiger partial charge in [-0.2, -0.15) is 0 Å². The highest BCUT2D eigenvalue weighted by Crippen LogP contribution is 2.06. The van der Waals surface area contributed by atoms with Gasteiger partial charge in [0.1, 0.15) is 5.82 Å². The van der Waals surface area contributed by atoms with Crippen LogP contribution in [0.1, 0.15) is 25.2 Å². The average Bonchev–Trinajstić information content (AvgIpc) is 3.03. The summed E-state index contributed by atoms with van der Waals surface area (Å²) in [5, 5.41) is 6.56. The first-order valence-electron chi connectivity index (χ1n) is 8.07. The first kappa shape index (κ1) is 18.0. The van der Waals surface area contributed by atoms with Gasteiger partial charge in [-0.15, -0.1) is 0 Å². The third-order valence-electron chi connectivity index (χ3n) is 3.87. The van der Waals surface area contributed by atoms with Crippen molar-refractivity contribution in [2.45, 2.75) is 32.5 Å². The molecule has 130 valence electrons. The Morgan fingerprint density at radius 2 is 2.00 bits per heavy atom. The SMILES string of the molecule is CN=C(NCc1nccn1Cc1ccccc1)NCC(C)(C)OC. The molecule has 0 aliphatic heterocycles. The summed E-state index contributed by atoms with van der Waals surface area (Å²) in [4.78, 5) is 8.68. The van der Waals surface area contributed by atoms with E-state index in [-0.39, 0.29) is 5.60 Å². The predicted molar refractivity (Wildman–Crippen MR) is 97.1 cm³/mol. The fourth-order valence-electron chi connectivity index (χ4n) is 2.18. The summed E-state index contributed by atoms with van der Waals surface area (Å²) < 4.78 is 7.54. The number of rotatable bonds is 7. The van der Waals surface area contributed by atoms with Crippen LogP contribution >= 0.6 is 0 Å². The van der Waals surface area contributed by atoms with Crippen LogP contribution in [-0.2, 0) is 17.8 Å². The van der Waals surface area contributed by atoms with Crippen molar-refractivity contribution in [3.63, 3.8) is 0 Å². The normalized spacial score (nSPS) is 12.2. The molecule has 24 heavy (non-hydrogen) atoms.